The number of carbonyl (C=O) groups excluding carboxylic acids is 1. The number of nitrogens with zero attached hydrogens (tertiary/aromatic N) is 1. The molecule has 1 aliphatic heterocycles. The third kappa shape index (κ3) is 2.21. The molecule has 1 amide bonds. The minimum atomic E-state index is -0.624. The Labute approximate surface area is 101 Å². The van der Waals surface area contributed by atoms with Crippen LogP contribution in [0.3, 0.4) is 0 Å². The first kappa shape index (κ1) is 12.1. The number of amides is 1. The Hall–Kier alpha value is -1.33. The molecule has 5 heteroatoms. The van der Waals surface area contributed by atoms with Crippen LogP contribution in [-0.2, 0) is 16.1 Å². The van der Waals surface area contributed by atoms with Crippen molar-refractivity contribution in [2.75, 3.05) is 20.3 Å². The molecule has 1 aliphatic rings. The van der Waals surface area contributed by atoms with Gasteiger partial charge in [0, 0.05) is 13.1 Å². The highest BCUT2D eigenvalue weighted by Gasteiger charge is 2.45. The Morgan fingerprint density at radius 3 is 3.00 bits per heavy atom. The second kappa shape index (κ2) is 4.50. The van der Waals surface area contributed by atoms with E-state index >= 15 is 0 Å². The molecule has 1 saturated heterocycles. The minimum absolute atomic E-state index is 0.00102. The van der Waals surface area contributed by atoms with Crippen molar-refractivity contribution < 1.29 is 13.9 Å². The zero-order valence-electron chi connectivity index (χ0n) is 10.2. The van der Waals surface area contributed by atoms with Gasteiger partial charge >= 0.3 is 0 Å². The lowest BCUT2D eigenvalue weighted by molar-refractivity contribution is -0.141. The molecule has 2 heterocycles. The Bertz CT molecular complexity index is 390. The summed E-state index contributed by atoms with van der Waals surface area (Å²) in [5.41, 5.74) is 5.31. The van der Waals surface area contributed by atoms with Gasteiger partial charge in [-0.2, -0.15) is 0 Å². The summed E-state index contributed by atoms with van der Waals surface area (Å²) in [6.45, 7) is 3.13. The van der Waals surface area contributed by atoms with Gasteiger partial charge in [-0.1, -0.05) is 0 Å². The van der Waals surface area contributed by atoms with Crippen LogP contribution in [0.25, 0.3) is 0 Å². The van der Waals surface area contributed by atoms with Crippen LogP contribution in [0, 0.1) is 5.41 Å². The summed E-state index contributed by atoms with van der Waals surface area (Å²) in [6, 6.07) is 3.41. The molecule has 17 heavy (non-hydrogen) atoms. The van der Waals surface area contributed by atoms with Gasteiger partial charge in [-0.15, -0.1) is 0 Å². The summed E-state index contributed by atoms with van der Waals surface area (Å²) in [6.07, 6.45) is 1.60. The second-order valence-corrected chi connectivity index (χ2v) is 4.78. The fraction of sp³-hybridized carbons (Fsp3) is 0.583. The SMILES string of the molecule is CN(Cc1ccco1)C(=O)C1(C)COCC1N. The molecule has 2 atom stereocenters. The van der Waals surface area contributed by atoms with Gasteiger partial charge in [-0.3, -0.25) is 4.79 Å². The monoisotopic (exact) mass is 238 g/mol. The molecule has 1 aromatic heterocycles. The minimum Gasteiger partial charge on any atom is -0.467 e. The highest BCUT2D eigenvalue weighted by molar-refractivity contribution is 5.83. The summed E-state index contributed by atoms with van der Waals surface area (Å²) in [5, 5.41) is 0. The number of hydrogen-bond donors (Lipinski definition) is 1. The number of nitrogens with two attached hydrogens (primary N) is 1. The number of furan rings is 1. The first-order chi connectivity index (χ1) is 8.04. The normalized spacial score (nSPS) is 28.3. The molecule has 1 fully saturated rings. The number of ether oxygens (including phenoxy) is 1. The van der Waals surface area contributed by atoms with E-state index in [0.717, 1.165) is 5.76 Å². The largest absolute Gasteiger partial charge is 0.467 e. The molecule has 5 nitrogen and oxygen atoms in total. The van der Waals surface area contributed by atoms with Crippen LogP contribution in [0.15, 0.2) is 22.8 Å². The smallest absolute Gasteiger partial charge is 0.232 e. The van der Waals surface area contributed by atoms with E-state index in [-0.39, 0.29) is 11.9 Å². The van der Waals surface area contributed by atoms with Crippen molar-refractivity contribution in [1.29, 1.82) is 0 Å². The maximum Gasteiger partial charge on any atom is 0.232 e. The molecular formula is C12H18N2O3. The quantitative estimate of drug-likeness (QED) is 0.837. The number of carbonyl (C=O) groups is 1. The van der Waals surface area contributed by atoms with Crippen LogP contribution in [-0.4, -0.2) is 37.1 Å². The van der Waals surface area contributed by atoms with Crippen LogP contribution < -0.4 is 5.73 Å². The third-order valence-electron chi connectivity index (χ3n) is 3.33. The molecule has 2 rings (SSSR count). The van der Waals surface area contributed by atoms with Crippen molar-refractivity contribution in [3.8, 4) is 0 Å². The standard InChI is InChI=1S/C12H18N2O3/c1-12(8-16-7-10(12)13)11(15)14(2)6-9-4-3-5-17-9/h3-5,10H,6-8,13H2,1-2H3. The van der Waals surface area contributed by atoms with Gasteiger partial charge in [0.25, 0.3) is 0 Å². The highest BCUT2D eigenvalue weighted by atomic mass is 16.5. The van der Waals surface area contributed by atoms with Gasteiger partial charge in [0.15, 0.2) is 0 Å². The van der Waals surface area contributed by atoms with Crippen LogP contribution in [0.4, 0.5) is 0 Å². The average molecular weight is 238 g/mol. The summed E-state index contributed by atoms with van der Waals surface area (Å²) < 4.78 is 10.5. The van der Waals surface area contributed by atoms with E-state index in [4.69, 9.17) is 14.9 Å². The van der Waals surface area contributed by atoms with Crippen molar-refractivity contribution in [1.82, 2.24) is 4.90 Å². The maximum absolute atomic E-state index is 12.3. The molecule has 2 N–H and O–H groups in total. The first-order valence-corrected chi connectivity index (χ1v) is 5.65. The summed E-state index contributed by atoms with van der Waals surface area (Å²) in [4.78, 5) is 14.0. The molecule has 0 bridgehead atoms. The lowest BCUT2D eigenvalue weighted by Gasteiger charge is -2.30. The average Bonchev–Trinajstić information content (AvgIpc) is 2.90. The third-order valence-corrected chi connectivity index (χ3v) is 3.33. The topological polar surface area (TPSA) is 68.7 Å². The Kier molecular flexibility index (Phi) is 3.22. The first-order valence-electron chi connectivity index (χ1n) is 5.65. The summed E-state index contributed by atoms with van der Waals surface area (Å²) >= 11 is 0. The van der Waals surface area contributed by atoms with Crippen molar-refractivity contribution in [2.24, 2.45) is 11.1 Å². The molecule has 0 saturated carbocycles. The molecule has 1 aromatic rings. The summed E-state index contributed by atoms with van der Waals surface area (Å²) in [7, 11) is 1.75. The molecule has 0 radical (unpaired) electrons. The van der Waals surface area contributed by atoms with Crippen molar-refractivity contribution in [2.45, 2.75) is 19.5 Å². The second-order valence-electron chi connectivity index (χ2n) is 4.78. The molecule has 0 aliphatic carbocycles. The highest BCUT2D eigenvalue weighted by Crippen LogP contribution is 2.29. The van der Waals surface area contributed by atoms with Crippen LogP contribution in [0.5, 0.6) is 0 Å². The van der Waals surface area contributed by atoms with Gasteiger partial charge in [0.2, 0.25) is 5.91 Å². The van der Waals surface area contributed by atoms with E-state index in [2.05, 4.69) is 0 Å². The molecule has 0 aromatic carbocycles. The van der Waals surface area contributed by atoms with Gasteiger partial charge in [-0.25, -0.2) is 0 Å². The predicted molar refractivity (Wildman–Crippen MR) is 62.1 cm³/mol. The van der Waals surface area contributed by atoms with E-state index in [0.29, 0.717) is 19.8 Å². The van der Waals surface area contributed by atoms with Crippen LogP contribution in [0.2, 0.25) is 0 Å². The van der Waals surface area contributed by atoms with Crippen LogP contribution >= 0.6 is 0 Å². The van der Waals surface area contributed by atoms with Gasteiger partial charge in [-0.05, 0) is 19.1 Å². The van der Waals surface area contributed by atoms with Gasteiger partial charge in [0.05, 0.1) is 31.4 Å². The van der Waals surface area contributed by atoms with E-state index < -0.39 is 5.41 Å². The van der Waals surface area contributed by atoms with E-state index in [1.165, 1.54) is 0 Å². The fourth-order valence-corrected chi connectivity index (χ4v) is 2.05. The van der Waals surface area contributed by atoms with Crippen molar-refractivity contribution in [3.05, 3.63) is 24.2 Å². The van der Waals surface area contributed by atoms with Crippen molar-refractivity contribution >= 4 is 5.91 Å². The van der Waals surface area contributed by atoms with Gasteiger partial charge in [0.1, 0.15) is 5.76 Å². The molecule has 2 unspecified atom stereocenters. The fourth-order valence-electron chi connectivity index (χ4n) is 2.05. The maximum atomic E-state index is 12.3. The zero-order valence-corrected chi connectivity index (χ0v) is 10.2. The Morgan fingerprint density at radius 2 is 2.47 bits per heavy atom. The molecule has 94 valence electrons. The summed E-state index contributed by atoms with van der Waals surface area (Å²) in [5.74, 6) is 0.760. The van der Waals surface area contributed by atoms with E-state index in [1.54, 1.807) is 24.3 Å². The lowest BCUT2D eigenvalue weighted by atomic mass is 9.84. The molecular weight excluding hydrogens is 220 g/mol. The Balaban J connectivity index is 2.04. The lowest BCUT2D eigenvalue weighted by Crippen LogP contribution is -2.50. The van der Waals surface area contributed by atoms with Crippen molar-refractivity contribution in [3.63, 3.8) is 0 Å². The molecule has 0 spiro atoms. The predicted octanol–water partition coefficient (Wildman–Crippen LogP) is 0.602. The van der Waals surface area contributed by atoms with E-state index in [9.17, 15) is 4.79 Å². The van der Waals surface area contributed by atoms with Crippen LogP contribution in [0.1, 0.15) is 12.7 Å². The number of rotatable bonds is 3. The number of hydrogen-bond acceptors (Lipinski definition) is 4. The Morgan fingerprint density at radius 1 is 1.71 bits per heavy atom. The van der Waals surface area contributed by atoms with Gasteiger partial charge < -0.3 is 19.8 Å². The van der Waals surface area contributed by atoms with E-state index in [1.807, 2.05) is 13.0 Å². The zero-order chi connectivity index (χ0) is 12.5.